The van der Waals surface area contributed by atoms with Gasteiger partial charge in [-0.15, -0.1) is 0 Å². The van der Waals surface area contributed by atoms with E-state index >= 15 is 0 Å². The van der Waals surface area contributed by atoms with E-state index in [-0.39, 0.29) is 0 Å². The zero-order valence-corrected chi connectivity index (χ0v) is 10.1. The van der Waals surface area contributed by atoms with Crippen LogP contribution in [-0.4, -0.2) is 6.54 Å². The van der Waals surface area contributed by atoms with Crippen LogP contribution < -0.4 is 5.32 Å². The lowest BCUT2D eigenvalue weighted by Gasteiger charge is -2.08. The average molecular weight is 271 g/mol. The fourth-order valence-corrected chi connectivity index (χ4v) is 1.96. The number of hydrogen-bond donors (Lipinski definition) is 1. The third kappa shape index (κ3) is 3.25. The molecule has 14 heavy (non-hydrogen) atoms. The molecule has 1 aromatic rings. The normalized spacial score (nSPS) is 10.9. The molecule has 0 fully saturated rings. The number of anilines is 1. The van der Waals surface area contributed by atoms with Crippen molar-refractivity contribution in [2.75, 3.05) is 11.9 Å². The molecule has 0 aliphatic carbocycles. The molecule has 0 aromatic heterocycles. The summed E-state index contributed by atoms with van der Waals surface area (Å²) in [5, 5.41) is 4.51. The van der Waals surface area contributed by atoms with E-state index < -0.39 is 0 Å². The van der Waals surface area contributed by atoms with E-state index in [9.17, 15) is 0 Å². The maximum atomic E-state index is 5.93. The highest BCUT2D eigenvalue weighted by Gasteiger charge is 2.05. The smallest absolute Gasteiger partial charge is 0.0722 e. The van der Waals surface area contributed by atoms with Crippen LogP contribution in [0.1, 0.15) is 0 Å². The van der Waals surface area contributed by atoms with Crippen molar-refractivity contribution in [3.8, 4) is 0 Å². The molecule has 0 aliphatic rings. The number of rotatable bonds is 3. The first-order valence-corrected chi connectivity index (χ1v) is 5.36. The highest BCUT2D eigenvalue weighted by Crippen LogP contribution is 2.33. The summed E-state index contributed by atoms with van der Waals surface area (Å²) in [6.45, 7) is 0.560. The van der Waals surface area contributed by atoms with Crippen molar-refractivity contribution in [1.29, 1.82) is 0 Å². The Kier molecular flexibility index (Phi) is 4.90. The molecule has 0 saturated heterocycles. The predicted molar refractivity (Wildman–Crippen MR) is 65.0 cm³/mol. The molecule has 5 heteroatoms. The summed E-state index contributed by atoms with van der Waals surface area (Å²) in [4.78, 5) is 0. The standard InChI is InChI=1S/C9H7Cl4N/c10-2-1-3-14-9-7(12)4-6(11)5-8(9)13/h1-2,4-5,14H,3H2/b2-1+. The van der Waals surface area contributed by atoms with Gasteiger partial charge in [-0.05, 0) is 12.1 Å². The van der Waals surface area contributed by atoms with Gasteiger partial charge >= 0.3 is 0 Å². The SMILES string of the molecule is Cl/C=C/CNc1c(Cl)cc(Cl)cc1Cl. The zero-order valence-electron chi connectivity index (χ0n) is 7.03. The van der Waals surface area contributed by atoms with Gasteiger partial charge in [0, 0.05) is 17.1 Å². The lowest BCUT2D eigenvalue weighted by atomic mass is 10.3. The van der Waals surface area contributed by atoms with Gasteiger partial charge in [-0.25, -0.2) is 0 Å². The summed E-state index contributed by atoms with van der Waals surface area (Å²) in [6, 6.07) is 3.25. The van der Waals surface area contributed by atoms with Crippen molar-refractivity contribution in [1.82, 2.24) is 0 Å². The van der Waals surface area contributed by atoms with Crippen molar-refractivity contribution < 1.29 is 0 Å². The third-order valence-corrected chi connectivity index (χ3v) is 2.49. The van der Waals surface area contributed by atoms with Crippen LogP contribution in [0.2, 0.25) is 15.1 Å². The van der Waals surface area contributed by atoms with E-state index in [0.29, 0.717) is 27.3 Å². The lowest BCUT2D eigenvalue weighted by molar-refractivity contribution is 1.34. The maximum absolute atomic E-state index is 5.93. The molecular formula is C9H7Cl4N. The minimum absolute atomic E-state index is 0.491. The van der Waals surface area contributed by atoms with E-state index in [4.69, 9.17) is 46.4 Å². The Morgan fingerprint density at radius 2 is 1.71 bits per heavy atom. The molecule has 76 valence electrons. The molecule has 0 heterocycles. The molecule has 0 spiro atoms. The Hall–Kier alpha value is -0.0800. The van der Waals surface area contributed by atoms with E-state index in [2.05, 4.69) is 5.32 Å². The van der Waals surface area contributed by atoms with Crippen LogP contribution in [0.15, 0.2) is 23.7 Å². The molecule has 0 saturated carbocycles. The summed E-state index contributed by atoms with van der Waals surface area (Å²) in [6.07, 6.45) is 1.74. The summed E-state index contributed by atoms with van der Waals surface area (Å²) >= 11 is 23.0. The molecule has 0 amide bonds. The van der Waals surface area contributed by atoms with Crippen molar-refractivity contribution in [3.63, 3.8) is 0 Å². The number of benzene rings is 1. The van der Waals surface area contributed by atoms with Crippen molar-refractivity contribution in [2.24, 2.45) is 0 Å². The summed E-state index contributed by atoms with van der Waals surface area (Å²) in [5.41, 5.74) is 2.08. The van der Waals surface area contributed by atoms with Crippen LogP contribution in [0.25, 0.3) is 0 Å². The summed E-state index contributed by atoms with van der Waals surface area (Å²) in [7, 11) is 0. The van der Waals surface area contributed by atoms with Gasteiger partial charge in [0.1, 0.15) is 0 Å². The first-order chi connectivity index (χ1) is 6.65. The molecule has 0 bridgehead atoms. The highest BCUT2D eigenvalue weighted by atomic mass is 35.5. The molecule has 1 aromatic carbocycles. The molecular weight excluding hydrogens is 264 g/mol. The monoisotopic (exact) mass is 269 g/mol. The largest absolute Gasteiger partial charge is 0.379 e. The van der Waals surface area contributed by atoms with Crippen molar-refractivity contribution in [2.45, 2.75) is 0 Å². The van der Waals surface area contributed by atoms with E-state index in [0.717, 1.165) is 0 Å². The van der Waals surface area contributed by atoms with Gasteiger partial charge in [0.15, 0.2) is 0 Å². The highest BCUT2D eigenvalue weighted by molar-refractivity contribution is 6.41. The second kappa shape index (κ2) is 5.72. The topological polar surface area (TPSA) is 12.0 Å². The van der Waals surface area contributed by atoms with Gasteiger partial charge in [-0.3, -0.25) is 0 Å². The summed E-state index contributed by atoms with van der Waals surface area (Å²) < 4.78 is 0. The van der Waals surface area contributed by atoms with E-state index in [1.54, 1.807) is 18.2 Å². The second-order valence-corrected chi connectivity index (χ2v) is 3.99. The van der Waals surface area contributed by atoms with Gasteiger partial charge in [-0.1, -0.05) is 52.5 Å². The Labute approximate surface area is 103 Å². The molecule has 0 unspecified atom stereocenters. The predicted octanol–water partition coefficient (Wildman–Crippen LogP) is 4.81. The van der Waals surface area contributed by atoms with Crippen LogP contribution >= 0.6 is 46.4 Å². The van der Waals surface area contributed by atoms with Crippen LogP contribution in [0.3, 0.4) is 0 Å². The molecule has 0 aliphatic heterocycles. The first kappa shape index (κ1) is 12.0. The molecule has 0 atom stereocenters. The average Bonchev–Trinajstić information content (AvgIpc) is 2.09. The Morgan fingerprint density at radius 1 is 1.14 bits per heavy atom. The second-order valence-electron chi connectivity index (χ2n) is 2.49. The Morgan fingerprint density at radius 3 is 2.21 bits per heavy atom. The van der Waals surface area contributed by atoms with Crippen LogP contribution in [0.4, 0.5) is 5.69 Å². The molecule has 1 rings (SSSR count). The van der Waals surface area contributed by atoms with Crippen molar-refractivity contribution in [3.05, 3.63) is 38.8 Å². The van der Waals surface area contributed by atoms with Gasteiger partial charge in [0.05, 0.1) is 15.7 Å². The van der Waals surface area contributed by atoms with Crippen molar-refractivity contribution >= 4 is 52.1 Å². The number of nitrogens with one attached hydrogen (secondary N) is 1. The third-order valence-electron chi connectivity index (χ3n) is 1.49. The molecule has 0 radical (unpaired) electrons. The van der Waals surface area contributed by atoms with Gasteiger partial charge in [0.25, 0.3) is 0 Å². The fourth-order valence-electron chi connectivity index (χ4n) is 0.917. The summed E-state index contributed by atoms with van der Waals surface area (Å²) in [5.74, 6) is 0. The Bertz CT molecular complexity index is 326. The van der Waals surface area contributed by atoms with Crippen LogP contribution in [0, 0.1) is 0 Å². The molecule has 1 N–H and O–H groups in total. The van der Waals surface area contributed by atoms with E-state index in [1.165, 1.54) is 5.54 Å². The quantitative estimate of drug-likeness (QED) is 0.831. The molecule has 1 nitrogen and oxygen atoms in total. The van der Waals surface area contributed by atoms with Crippen LogP contribution in [-0.2, 0) is 0 Å². The van der Waals surface area contributed by atoms with Gasteiger partial charge < -0.3 is 5.32 Å². The number of hydrogen-bond acceptors (Lipinski definition) is 1. The number of halogens is 4. The Balaban J connectivity index is 2.85. The van der Waals surface area contributed by atoms with Gasteiger partial charge in [-0.2, -0.15) is 0 Å². The van der Waals surface area contributed by atoms with Crippen LogP contribution in [0.5, 0.6) is 0 Å². The van der Waals surface area contributed by atoms with Gasteiger partial charge in [0.2, 0.25) is 0 Å². The van der Waals surface area contributed by atoms with E-state index in [1.807, 2.05) is 0 Å². The lowest BCUT2D eigenvalue weighted by Crippen LogP contribution is -1.99. The minimum atomic E-state index is 0.491. The minimum Gasteiger partial charge on any atom is -0.379 e. The fraction of sp³-hybridized carbons (Fsp3) is 0.111. The zero-order chi connectivity index (χ0) is 10.6. The first-order valence-electron chi connectivity index (χ1n) is 3.79. The maximum Gasteiger partial charge on any atom is 0.0722 e.